The lowest BCUT2D eigenvalue weighted by atomic mass is 9.78. The molecule has 0 amide bonds. The van der Waals surface area contributed by atoms with Crippen molar-refractivity contribution in [2.24, 2.45) is 11.5 Å². The minimum Gasteiger partial charge on any atom is -0.491 e. The second kappa shape index (κ2) is 11.2. The summed E-state index contributed by atoms with van der Waals surface area (Å²) in [4.78, 5) is 0. The summed E-state index contributed by atoms with van der Waals surface area (Å²) < 4.78 is 22.0. The zero-order valence-corrected chi connectivity index (χ0v) is 17.9. The molecule has 0 saturated heterocycles. The number of ether oxygens (including phenoxy) is 4. The largest absolute Gasteiger partial charge is 0.491 e. The highest BCUT2D eigenvalue weighted by Crippen LogP contribution is 2.33. The van der Waals surface area contributed by atoms with Crippen LogP contribution in [0.4, 0.5) is 0 Å². The first-order valence-corrected chi connectivity index (χ1v) is 9.87. The maximum atomic E-state index is 5.76. The Labute approximate surface area is 174 Å². The van der Waals surface area contributed by atoms with E-state index >= 15 is 0 Å². The molecule has 2 aromatic rings. The van der Waals surface area contributed by atoms with Crippen LogP contribution in [0.2, 0.25) is 0 Å². The summed E-state index contributed by atoms with van der Waals surface area (Å²) in [5.41, 5.74) is 13.5. The highest BCUT2D eigenvalue weighted by molar-refractivity contribution is 5.41. The van der Waals surface area contributed by atoms with E-state index in [0.29, 0.717) is 26.3 Å². The molecular weight excluding hydrogens is 368 g/mol. The maximum Gasteiger partial charge on any atom is 0.119 e. The van der Waals surface area contributed by atoms with Crippen LogP contribution in [-0.4, -0.2) is 52.7 Å². The van der Waals surface area contributed by atoms with Crippen LogP contribution in [0.3, 0.4) is 0 Å². The van der Waals surface area contributed by atoms with Gasteiger partial charge in [0.05, 0.1) is 0 Å². The SMILES string of the molecule is COC(CN)COc1ccc(C(C)(C)c2ccc(OCC(CN)OC)cc2)cc1. The van der Waals surface area contributed by atoms with Crippen LogP contribution >= 0.6 is 0 Å². The predicted molar refractivity (Wildman–Crippen MR) is 116 cm³/mol. The molecule has 2 aromatic carbocycles. The molecule has 0 bridgehead atoms. The van der Waals surface area contributed by atoms with Crippen LogP contribution in [0.25, 0.3) is 0 Å². The van der Waals surface area contributed by atoms with Crippen molar-refractivity contribution in [2.75, 3.05) is 40.5 Å². The van der Waals surface area contributed by atoms with E-state index in [2.05, 4.69) is 38.1 Å². The number of hydrogen-bond donors (Lipinski definition) is 2. The standard InChI is InChI=1S/C23H34N2O4/c1-23(2,17-5-9-19(10-6-17)28-15-21(13-24)26-3)18-7-11-20(12-8-18)29-16-22(14-25)27-4/h5-12,21-22H,13-16,24-25H2,1-4H3. The molecule has 2 atom stereocenters. The molecule has 0 spiro atoms. The van der Waals surface area contributed by atoms with E-state index in [9.17, 15) is 0 Å². The molecule has 6 nitrogen and oxygen atoms in total. The molecule has 0 aliphatic rings. The topological polar surface area (TPSA) is 89.0 Å². The predicted octanol–water partition coefficient (Wildman–Crippen LogP) is 2.72. The number of hydrogen-bond acceptors (Lipinski definition) is 6. The van der Waals surface area contributed by atoms with Crippen LogP contribution in [0.15, 0.2) is 48.5 Å². The van der Waals surface area contributed by atoms with Crippen molar-refractivity contribution in [3.8, 4) is 11.5 Å². The van der Waals surface area contributed by atoms with Gasteiger partial charge in [-0.05, 0) is 35.4 Å². The third-order valence-electron chi connectivity index (χ3n) is 5.22. The molecule has 0 heterocycles. The second-order valence-corrected chi connectivity index (χ2v) is 7.48. The first-order chi connectivity index (χ1) is 13.9. The zero-order valence-electron chi connectivity index (χ0n) is 17.9. The van der Waals surface area contributed by atoms with E-state index in [1.54, 1.807) is 14.2 Å². The lowest BCUT2D eigenvalue weighted by molar-refractivity contribution is 0.0643. The van der Waals surface area contributed by atoms with Gasteiger partial charge in [-0.25, -0.2) is 0 Å². The third-order valence-corrected chi connectivity index (χ3v) is 5.22. The molecule has 4 N–H and O–H groups in total. The summed E-state index contributed by atoms with van der Waals surface area (Å²) in [6, 6.07) is 16.3. The Morgan fingerprint density at radius 1 is 0.690 bits per heavy atom. The van der Waals surface area contributed by atoms with Gasteiger partial charge in [-0.15, -0.1) is 0 Å². The van der Waals surface area contributed by atoms with E-state index in [1.807, 2.05) is 24.3 Å². The fourth-order valence-electron chi connectivity index (χ4n) is 2.95. The molecule has 0 radical (unpaired) electrons. The lowest BCUT2D eigenvalue weighted by Gasteiger charge is -2.26. The van der Waals surface area contributed by atoms with Crippen LogP contribution in [0.1, 0.15) is 25.0 Å². The van der Waals surface area contributed by atoms with Gasteiger partial charge in [0.15, 0.2) is 0 Å². The van der Waals surface area contributed by atoms with Gasteiger partial charge in [-0.2, -0.15) is 0 Å². The molecule has 0 aliphatic carbocycles. The van der Waals surface area contributed by atoms with Gasteiger partial charge in [0.25, 0.3) is 0 Å². The van der Waals surface area contributed by atoms with Crippen molar-refractivity contribution < 1.29 is 18.9 Å². The van der Waals surface area contributed by atoms with Crippen molar-refractivity contribution >= 4 is 0 Å². The van der Waals surface area contributed by atoms with E-state index < -0.39 is 0 Å². The summed E-state index contributed by atoms with van der Waals surface area (Å²) in [6.07, 6.45) is -0.202. The van der Waals surface area contributed by atoms with E-state index in [0.717, 1.165) is 11.5 Å². The Kier molecular flexibility index (Phi) is 8.92. The minimum atomic E-state index is -0.157. The third kappa shape index (κ3) is 6.44. The minimum absolute atomic E-state index is 0.101. The summed E-state index contributed by atoms with van der Waals surface area (Å²) in [7, 11) is 3.27. The molecular formula is C23H34N2O4. The lowest BCUT2D eigenvalue weighted by Crippen LogP contribution is -2.29. The average Bonchev–Trinajstić information content (AvgIpc) is 2.76. The average molecular weight is 403 g/mol. The molecule has 0 saturated carbocycles. The second-order valence-electron chi connectivity index (χ2n) is 7.48. The molecule has 29 heavy (non-hydrogen) atoms. The fourth-order valence-corrected chi connectivity index (χ4v) is 2.95. The van der Waals surface area contributed by atoms with Crippen molar-refractivity contribution in [2.45, 2.75) is 31.5 Å². The van der Waals surface area contributed by atoms with Crippen LogP contribution in [0, 0.1) is 0 Å². The summed E-state index contributed by atoms with van der Waals surface area (Å²) in [6.45, 7) is 6.13. The van der Waals surface area contributed by atoms with Gasteiger partial charge >= 0.3 is 0 Å². The van der Waals surface area contributed by atoms with Crippen LogP contribution in [-0.2, 0) is 14.9 Å². The first-order valence-electron chi connectivity index (χ1n) is 9.87. The fraction of sp³-hybridized carbons (Fsp3) is 0.478. The number of nitrogens with two attached hydrogens (primary N) is 2. The maximum absolute atomic E-state index is 5.76. The Balaban J connectivity index is 2.02. The highest BCUT2D eigenvalue weighted by atomic mass is 16.5. The quantitative estimate of drug-likeness (QED) is 0.567. The van der Waals surface area contributed by atoms with E-state index in [4.69, 9.17) is 30.4 Å². The van der Waals surface area contributed by atoms with Crippen molar-refractivity contribution in [3.05, 3.63) is 59.7 Å². The molecule has 0 aromatic heterocycles. The monoisotopic (exact) mass is 402 g/mol. The number of benzene rings is 2. The summed E-state index contributed by atoms with van der Waals surface area (Å²) >= 11 is 0. The molecule has 0 fully saturated rings. The zero-order chi connectivity index (χ0) is 21.3. The van der Waals surface area contributed by atoms with Crippen LogP contribution in [0.5, 0.6) is 11.5 Å². The van der Waals surface area contributed by atoms with Gasteiger partial charge in [-0.3, -0.25) is 0 Å². The highest BCUT2D eigenvalue weighted by Gasteiger charge is 2.23. The van der Waals surface area contributed by atoms with Crippen molar-refractivity contribution in [1.82, 2.24) is 0 Å². The van der Waals surface area contributed by atoms with Gasteiger partial charge in [0.1, 0.15) is 36.9 Å². The van der Waals surface area contributed by atoms with Gasteiger partial charge in [0.2, 0.25) is 0 Å². The molecule has 160 valence electrons. The summed E-state index contributed by atoms with van der Waals surface area (Å²) in [5.74, 6) is 1.60. The van der Waals surface area contributed by atoms with Gasteiger partial charge < -0.3 is 30.4 Å². The first kappa shape index (κ1) is 23.2. The Morgan fingerprint density at radius 3 is 1.31 bits per heavy atom. The smallest absolute Gasteiger partial charge is 0.119 e. The van der Waals surface area contributed by atoms with Crippen molar-refractivity contribution in [1.29, 1.82) is 0 Å². The van der Waals surface area contributed by atoms with E-state index in [-0.39, 0.29) is 17.6 Å². The normalized spacial score (nSPS) is 13.7. The van der Waals surface area contributed by atoms with Crippen molar-refractivity contribution in [3.63, 3.8) is 0 Å². The van der Waals surface area contributed by atoms with Gasteiger partial charge in [0, 0.05) is 32.7 Å². The number of methoxy groups -OCH3 is 2. The van der Waals surface area contributed by atoms with Crippen LogP contribution < -0.4 is 20.9 Å². The van der Waals surface area contributed by atoms with E-state index in [1.165, 1.54) is 11.1 Å². The summed E-state index contributed by atoms with van der Waals surface area (Å²) in [5, 5.41) is 0. The molecule has 6 heteroatoms. The molecule has 0 aliphatic heterocycles. The Morgan fingerprint density at radius 2 is 1.03 bits per heavy atom. The Hall–Kier alpha value is -2.12. The molecule has 2 unspecified atom stereocenters. The Bertz CT molecular complexity index is 647. The number of rotatable bonds is 12. The van der Waals surface area contributed by atoms with Gasteiger partial charge in [-0.1, -0.05) is 38.1 Å². The molecule has 2 rings (SSSR count).